The first-order valence-corrected chi connectivity index (χ1v) is 8.62. The molecule has 0 N–H and O–H groups in total. The number of benzene rings is 1. The van der Waals surface area contributed by atoms with Crippen LogP contribution in [0.25, 0.3) is 22.0 Å². The minimum Gasteiger partial charge on any atom is -0.354 e. The Balaban J connectivity index is 1.72. The van der Waals surface area contributed by atoms with E-state index in [4.69, 9.17) is 4.98 Å². The third-order valence-corrected chi connectivity index (χ3v) is 4.84. The van der Waals surface area contributed by atoms with Crippen LogP contribution in [0.2, 0.25) is 0 Å². The smallest absolute Gasteiger partial charge is 0.129 e. The molecule has 1 saturated heterocycles. The topological polar surface area (TPSA) is 32.3 Å². The summed E-state index contributed by atoms with van der Waals surface area (Å²) in [7, 11) is 0. The molecule has 0 atom stereocenters. The molecule has 0 spiro atoms. The van der Waals surface area contributed by atoms with Gasteiger partial charge in [-0.25, -0.2) is 4.98 Å². The van der Waals surface area contributed by atoms with Crippen LogP contribution in [0.5, 0.6) is 0 Å². The highest BCUT2D eigenvalue weighted by molar-refractivity contribution is 5.94. The van der Waals surface area contributed by atoms with Crippen LogP contribution >= 0.6 is 0 Å². The van der Waals surface area contributed by atoms with Crippen LogP contribution < -0.4 is 4.90 Å². The van der Waals surface area contributed by atoms with Crippen LogP contribution in [-0.4, -0.2) is 47.6 Å². The lowest BCUT2D eigenvalue weighted by molar-refractivity contribution is 0.270. The van der Waals surface area contributed by atoms with Gasteiger partial charge in [-0.05, 0) is 36.4 Å². The number of piperazine rings is 1. The molecule has 24 heavy (non-hydrogen) atoms. The van der Waals surface area contributed by atoms with Gasteiger partial charge in [0, 0.05) is 49.5 Å². The minimum atomic E-state index is 1.05. The number of likely N-dealkylation sites (N-methyl/N-ethyl adjacent to an activating group) is 1. The summed E-state index contributed by atoms with van der Waals surface area (Å²) >= 11 is 0. The Kier molecular flexibility index (Phi) is 4.13. The number of anilines is 1. The molecule has 1 aliphatic rings. The lowest BCUT2D eigenvalue weighted by atomic mass is 10.0. The zero-order valence-corrected chi connectivity index (χ0v) is 14.0. The number of para-hydroxylation sites is 1. The van der Waals surface area contributed by atoms with E-state index in [9.17, 15) is 0 Å². The molecular weight excluding hydrogens is 296 g/mol. The molecule has 0 bridgehead atoms. The standard InChI is InChI=1S/C20H22N4/c1-2-23-12-14-24(15-13-23)19-7-6-17-4-3-5-18(20(17)22-19)16-8-10-21-11-9-16/h3-11H,2,12-15H2,1H3. The van der Waals surface area contributed by atoms with Crippen molar-refractivity contribution in [2.45, 2.75) is 6.92 Å². The summed E-state index contributed by atoms with van der Waals surface area (Å²) < 4.78 is 0. The monoisotopic (exact) mass is 318 g/mol. The van der Waals surface area contributed by atoms with Crippen LogP contribution in [0.4, 0.5) is 5.82 Å². The van der Waals surface area contributed by atoms with Crippen molar-refractivity contribution in [3.05, 3.63) is 54.9 Å². The average Bonchev–Trinajstić information content (AvgIpc) is 2.68. The number of pyridine rings is 2. The molecule has 4 rings (SSSR count). The van der Waals surface area contributed by atoms with Gasteiger partial charge in [-0.2, -0.15) is 0 Å². The predicted octanol–water partition coefficient (Wildman–Crippen LogP) is 3.44. The molecule has 1 aromatic carbocycles. The quantitative estimate of drug-likeness (QED) is 0.740. The fourth-order valence-electron chi connectivity index (χ4n) is 3.37. The summed E-state index contributed by atoms with van der Waals surface area (Å²) in [6, 6.07) is 14.8. The van der Waals surface area contributed by atoms with Crippen molar-refractivity contribution in [1.82, 2.24) is 14.9 Å². The number of nitrogens with zero attached hydrogens (tertiary/aromatic N) is 4. The van der Waals surface area contributed by atoms with Crippen molar-refractivity contribution < 1.29 is 0 Å². The molecule has 4 nitrogen and oxygen atoms in total. The van der Waals surface area contributed by atoms with Gasteiger partial charge >= 0.3 is 0 Å². The molecule has 0 aliphatic carbocycles. The largest absolute Gasteiger partial charge is 0.354 e. The highest BCUT2D eigenvalue weighted by atomic mass is 15.3. The Morgan fingerprint density at radius 3 is 2.46 bits per heavy atom. The molecule has 4 heteroatoms. The third kappa shape index (κ3) is 2.85. The van der Waals surface area contributed by atoms with E-state index in [1.165, 1.54) is 10.9 Å². The van der Waals surface area contributed by atoms with Crippen LogP contribution in [0.3, 0.4) is 0 Å². The van der Waals surface area contributed by atoms with Crippen molar-refractivity contribution in [3.8, 4) is 11.1 Å². The fourth-order valence-corrected chi connectivity index (χ4v) is 3.37. The summed E-state index contributed by atoms with van der Waals surface area (Å²) in [5, 5.41) is 1.18. The molecule has 2 aromatic heterocycles. The normalized spacial score (nSPS) is 15.8. The van der Waals surface area contributed by atoms with E-state index in [1.807, 2.05) is 24.5 Å². The molecule has 1 fully saturated rings. The van der Waals surface area contributed by atoms with E-state index in [0.29, 0.717) is 0 Å². The fraction of sp³-hybridized carbons (Fsp3) is 0.300. The molecule has 3 aromatic rings. The maximum absolute atomic E-state index is 5.01. The van der Waals surface area contributed by atoms with Crippen molar-refractivity contribution >= 4 is 16.7 Å². The Morgan fingerprint density at radius 1 is 0.917 bits per heavy atom. The van der Waals surface area contributed by atoms with Crippen LogP contribution in [-0.2, 0) is 0 Å². The van der Waals surface area contributed by atoms with Crippen LogP contribution in [0, 0.1) is 0 Å². The van der Waals surface area contributed by atoms with Gasteiger partial charge < -0.3 is 9.80 Å². The molecule has 122 valence electrons. The van der Waals surface area contributed by atoms with Gasteiger partial charge in [0.05, 0.1) is 5.52 Å². The predicted molar refractivity (Wildman–Crippen MR) is 99.3 cm³/mol. The van der Waals surface area contributed by atoms with Gasteiger partial charge in [0.2, 0.25) is 0 Å². The highest BCUT2D eigenvalue weighted by Crippen LogP contribution is 2.29. The first kappa shape index (κ1) is 15.1. The Labute approximate surface area is 142 Å². The molecule has 3 heterocycles. The third-order valence-electron chi connectivity index (χ3n) is 4.84. The van der Waals surface area contributed by atoms with E-state index in [-0.39, 0.29) is 0 Å². The Hall–Kier alpha value is -2.46. The molecular formula is C20H22N4. The summed E-state index contributed by atoms with van der Waals surface area (Å²) in [6.07, 6.45) is 3.67. The van der Waals surface area contributed by atoms with E-state index < -0.39 is 0 Å². The summed E-state index contributed by atoms with van der Waals surface area (Å²) in [5.74, 6) is 1.08. The molecule has 1 aliphatic heterocycles. The van der Waals surface area contributed by atoms with Gasteiger partial charge in [-0.1, -0.05) is 25.1 Å². The van der Waals surface area contributed by atoms with E-state index in [1.54, 1.807) is 0 Å². The zero-order valence-electron chi connectivity index (χ0n) is 14.0. The van der Waals surface area contributed by atoms with Crippen LogP contribution in [0.1, 0.15) is 6.92 Å². The Bertz CT molecular complexity index is 823. The first-order valence-electron chi connectivity index (χ1n) is 8.62. The first-order chi connectivity index (χ1) is 11.8. The SMILES string of the molecule is CCN1CCN(c2ccc3cccc(-c4ccncc4)c3n2)CC1. The highest BCUT2D eigenvalue weighted by Gasteiger charge is 2.17. The number of hydrogen-bond acceptors (Lipinski definition) is 4. The van der Waals surface area contributed by atoms with Gasteiger partial charge in [0.1, 0.15) is 5.82 Å². The maximum atomic E-state index is 5.01. The molecule has 0 unspecified atom stereocenters. The lowest BCUT2D eigenvalue weighted by Gasteiger charge is -2.34. The Morgan fingerprint density at radius 2 is 1.71 bits per heavy atom. The number of hydrogen-bond donors (Lipinski definition) is 0. The molecule has 0 radical (unpaired) electrons. The average molecular weight is 318 g/mol. The van der Waals surface area contributed by atoms with Crippen molar-refractivity contribution in [1.29, 1.82) is 0 Å². The zero-order chi connectivity index (χ0) is 16.4. The van der Waals surface area contributed by atoms with Gasteiger partial charge in [-0.3, -0.25) is 4.98 Å². The van der Waals surface area contributed by atoms with E-state index in [0.717, 1.165) is 49.6 Å². The van der Waals surface area contributed by atoms with Crippen LogP contribution in [0.15, 0.2) is 54.9 Å². The minimum absolute atomic E-state index is 1.05. The van der Waals surface area contributed by atoms with Crippen molar-refractivity contribution in [2.75, 3.05) is 37.6 Å². The second kappa shape index (κ2) is 6.57. The van der Waals surface area contributed by atoms with E-state index >= 15 is 0 Å². The lowest BCUT2D eigenvalue weighted by Crippen LogP contribution is -2.46. The second-order valence-electron chi connectivity index (χ2n) is 6.20. The van der Waals surface area contributed by atoms with Gasteiger partial charge in [0.15, 0.2) is 0 Å². The van der Waals surface area contributed by atoms with Crippen molar-refractivity contribution in [3.63, 3.8) is 0 Å². The van der Waals surface area contributed by atoms with Crippen molar-refractivity contribution in [2.24, 2.45) is 0 Å². The summed E-state index contributed by atoms with van der Waals surface area (Å²) in [4.78, 5) is 14.0. The second-order valence-corrected chi connectivity index (χ2v) is 6.20. The summed E-state index contributed by atoms with van der Waals surface area (Å²) in [5.41, 5.74) is 3.40. The maximum Gasteiger partial charge on any atom is 0.129 e. The molecule has 0 saturated carbocycles. The van der Waals surface area contributed by atoms with Gasteiger partial charge in [-0.15, -0.1) is 0 Å². The number of aromatic nitrogens is 2. The summed E-state index contributed by atoms with van der Waals surface area (Å²) in [6.45, 7) is 7.67. The molecule has 0 amide bonds. The number of fused-ring (bicyclic) bond motifs is 1. The van der Waals surface area contributed by atoms with E-state index in [2.05, 4.69) is 52.0 Å². The number of rotatable bonds is 3. The van der Waals surface area contributed by atoms with Gasteiger partial charge in [0.25, 0.3) is 0 Å².